The Morgan fingerprint density at radius 1 is 1.11 bits per heavy atom. The standard InChI is InChI=1S/C17H13BrF3NO5/c1-25-15(23)9-5-3-4-6-22(14(9)16(24)26-2)12-7-10(18)13(8-11(12)19)27-17(20)21/h3-8,17H,1-2H3. The average molecular weight is 448 g/mol. The molecule has 2 rings (SSSR count). The highest BCUT2D eigenvalue weighted by atomic mass is 79.9. The molecule has 0 unspecified atom stereocenters. The van der Waals surface area contributed by atoms with Gasteiger partial charge in [0.1, 0.15) is 11.4 Å². The molecule has 0 radical (unpaired) electrons. The van der Waals surface area contributed by atoms with Gasteiger partial charge in [0, 0.05) is 12.3 Å². The average Bonchev–Trinajstić information content (AvgIpc) is 2.85. The molecule has 1 aliphatic heterocycles. The van der Waals surface area contributed by atoms with E-state index in [1.807, 2.05) is 0 Å². The van der Waals surface area contributed by atoms with E-state index in [1.54, 1.807) is 0 Å². The number of methoxy groups -OCH3 is 2. The van der Waals surface area contributed by atoms with Gasteiger partial charge in [0.25, 0.3) is 0 Å². The van der Waals surface area contributed by atoms with Gasteiger partial charge in [-0.05, 0) is 34.1 Å². The number of nitrogens with zero attached hydrogens (tertiary/aromatic N) is 1. The van der Waals surface area contributed by atoms with Crippen molar-refractivity contribution in [2.24, 2.45) is 0 Å². The van der Waals surface area contributed by atoms with Gasteiger partial charge in [-0.25, -0.2) is 14.0 Å². The van der Waals surface area contributed by atoms with Gasteiger partial charge in [0.05, 0.1) is 30.0 Å². The van der Waals surface area contributed by atoms with Crippen molar-refractivity contribution in [1.29, 1.82) is 0 Å². The molecule has 1 aromatic rings. The van der Waals surface area contributed by atoms with Crippen LogP contribution < -0.4 is 9.64 Å². The second kappa shape index (κ2) is 8.76. The number of anilines is 1. The van der Waals surface area contributed by atoms with Gasteiger partial charge in [0.15, 0.2) is 5.82 Å². The summed E-state index contributed by atoms with van der Waals surface area (Å²) in [4.78, 5) is 25.4. The van der Waals surface area contributed by atoms with Crippen molar-refractivity contribution < 1.29 is 37.0 Å². The number of esters is 2. The molecule has 10 heteroatoms. The molecule has 0 atom stereocenters. The summed E-state index contributed by atoms with van der Waals surface area (Å²) in [6.45, 7) is -3.15. The molecule has 1 heterocycles. The van der Waals surface area contributed by atoms with Gasteiger partial charge < -0.3 is 19.1 Å². The summed E-state index contributed by atoms with van der Waals surface area (Å²) in [6.07, 6.45) is 5.49. The molecule has 0 aromatic heterocycles. The molecule has 0 aliphatic carbocycles. The summed E-state index contributed by atoms with van der Waals surface area (Å²) in [6, 6.07) is 1.85. The maximum atomic E-state index is 14.6. The zero-order chi connectivity index (χ0) is 20.1. The van der Waals surface area contributed by atoms with Crippen LogP contribution in [0.2, 0.25) is 0 Å². The third kappa shape index (κ3) is 4.51. The summed E-state index contributed by atoms with van der Waals surface area (Å²) >= 11 is 3.01. The van der Waals surface area contributed by atoms with Crippen LogP contribution in [-0.4, -0.2) is 32.8 Å². The first-order valence-electron chi connectivity index (χ1n) is 7.29. The number of carbonyl (C=O) groups excluding carboxylic acids is 2. The highest BCUT2D eigenvalue weighted by molar-refractivity contribution is 9.10. The Morgan fingerprint density at radius 2 is 1.78 bits per heavy atom. The van der Waals surface area contributed by atoms with Crippen LogP contribution in [0.25, 0.3) is 0 Å². The van der Waals surface area contributed by atoms with Gasteiger partial charge in [-0.2, -0.15) is 8.78 Å². The number of alkyl halides is 2. The first-order chi connectivity index (χ1) is 12.8. The Labute approximate surface area is 160 Å². The van der Waals surface area contributed by atoms with Gasteiger partial charge in [-0.1, -0.05) is 6.08 Å². The third-order valence-corrected chi connectivity index (χ3v) is 3.99. The second-order valence-electron chi connectivity index (χ2n) is 4.93. The van der Waals surface area contributed by atoms with Crippen LogP contribution in [-0.2, 0) is 19.1 Å². The van der Waals surface area contributed by atoms with E-state index in [-0.39, 0.29) is 21.4 Å². The van der Waals surface area contributed by atoms with Crippen LogP contribution in [0, 0.1) is 5.82 Å². The molecular formula is C17H13BrF3NO5. The zero-order valence-electron chi connectivity index (χ0n) is 14.0. The summed E-state index contributed by atoms with van der Waals surface area (Å²) in [5.74, 6) is -3.20. The molecule has 1 aliphatic rings. The lowest BCUT2D eigenvalue weighted by atomic mass is 10.1. The predicted molar refractivity (Wildman–Crippen MR) is 92.5 cm³/mol. The van der Waals surface area contributed by atoms with Gasteiger partial charge in [0.2, 0.25) is 0 Å². The van der Waals surface area contributed by atoms with Gasteiger partial charge >= 0.3 is 18.6 Å². The Bertz CT molecular complexity index is 851. The largest absolute Gasteiger partial charge is 0.465 e. The van der Waals surface area contributed by atoms with E-state index in [0.29, 0.717) is 0 Å². The minimum Gasteiger partial charge on any atom is -0.465 e. The maximum Gasteiger partial charge on any atom is 0.387 e. The molecule has 0 saturated heterocycles. The number of benzene rings is 1. The highest BCUT2D eigenvalue weighted by Gasteiger charge is 2.29. The van der Waals surface area contributed by atoms with E-state index >= 15 is 0 Å². The molecule has 0 spiro atoms. The minimum absolute atomic E-state index is 0.00800. The van der Waals surface area contributed by atoms with Crippen LogP contribution >= 0.6 is 15.9 Å². The fourth-order valence-corrected chi connectivity index (χ4v) is 2.66. The van der Waals surface area contributed by atoms with Crippen molar-refractivity contribution in [2.45, 2.75) is 6.61 Å². The summed E-state index contributed by atoms with van der Waals surface area (Å²) in [7, 11) is 2.21. The molecule has 27 heavy (non-hydrogen) atoms. The van der Waals surface area contributed by atoms with E-state index in [0.717, 1.165) is 31.3 Å². The molecular weight excluding hydrogens is 435 g/mol. The van der Waals surface area contributed by atoms with E-state index < -0.39 is 30.1 Å². The predicted octanol–water partition coefficient (Wildman–Crippen LogP) is 3.68. The first kappa shape index (κ1) is 20.6. The second-order valence-corrected chi connectivity index (χ2v) is 5.78. The lowest BCUT2D eigenvalue weighted by Gasteiger charge is -2.24. The molecule has 0 amide bonds. The topological polar surface area (TPSA) is 65.1 Å². The Balaban J connectivity index is 2.65. The highest BCUT2D eigenvalue weighted by Crippen LogP contribution is 2.36. The van der Waals surface area contributed by atoms with Crippen molar-refractivity contribution in [3.8, 4) is 5.75 Å². The molecule has 6 nitrogen and oxygen atoms in total. The Hall–Kier alpha value is -2.75. The number of carbonyl (C=O) groups is 2. The smallest absolute Gasteiger partial charge is 0.387 e. The molecule has 1 aromatic carbocycles. The van der Waals surface area contributed by atoms with E-state index in [9.17, 15) is 22.8 Å². The van der Waals surface area contributed by atoms with Crippen LogP contribution in [0.4, 0.5) is 18.9 Å². The molecule has 144 valence electrons. The zero-order valence-corrected chi connectivity index (χ0v) is 15.6. The van der Waals surface area contributed by atoms with Crippen molar-refractivity contribution in [1.82, 2.24) is 0 Å². The van der Waals surface area contributed by atoms with E-state index in [1.165, 1.54) is 24.4 Å². The summed E-state index contributed by atoms with van der Waals surface area (Å²) < 4.78 is 53.0. The van der Waals surface area contributed by atoms with Crippen molar-refractivity contribution >= 4 is 33.6 Å². The molecule has 0 fully saturated rings. The number of ether oxygens (including phenoxy) is 3. The monoisotopic (exact) mass is 447 g/mol. The lowest BCUT2D eigenvalue weighted by Crippen LogP contribution is -2.27. The number of hydrogen-bond donors (Lipinski definition) is 0. The van der Waals surface area contributed by atoms with Gasteiger partial charge in [-0.15, -0.1) is 0 Å². The molecule has 0 saturated carbocycles. The van der Waals surface area contributed by atoms with Crippen molar-refractivity contribution in [3.05, 3.63) is 58.1 Å². The number of hydrogen-bond acceptors (Lipinski definition) is 6. The molecule has 0 bridgehead atoms. The van der Waals surface area contributed by atoms with E-state index in [4.69, 9.17) is 4.74 Å². The van der Waals surface area contributed by atoms with Crippen molar-refractivity contribution in [3.63, 3.8) is 0 Å². The lowest BCUT2D eigenvalue weighted by molar-refractivity contribution is -0.139. The normalized spacial score (nSPS) is 13.7. The third-order valence-electron chi connectivity index (χ3n) is 3.37. The summed E-state index contributed by atoms with van der Waals surface area (Å²) in [5, 5.41) is 0. The quantitative estimate of drug-likeness (QED) is 0.641. The van der Waals surface area contributed by atoms with Gasteiger partial charge in [-0.3, -0.25) is 0 Å². The van der Waals surface area contributed by atoms with Crippen LogP contribution in [0.15, 0.2) is 52.3 Å². The number of allylic oxidation sites excluding steroid dienone is 2. The summed E-state index contributed by atoms with van der Waals surface area (Å²) in [5.41, 5.74) is -0.717. The Morgan fingerprint density at radius 3 is 2.37 bits per heavy atom. The minimum atomic E-state index is -3.15. The van der Waals surface area contributed by atoms with Crippen LogP contribution in [0.3, 0.4) is 0 Å². The van der Waals surface area contributed by atoms with Crippen LogP contribution in [0.5, 0.6) is 5.75 Å². The van der Waals surface area contributed by atoms with Crippen molar-refractivity contribution in [2.75, 3.05) is 19.1 Å². The Kier molecular flexibility index (Phi) is 6.67. The first-order valence-corrected chi connectivity index (χ1v) is 8.08. The fourth-order valence-electron chi connectivity index (χ4n) is 2.24. The molecule has 0 N–H and O–H groups in total. The maximum absolute atomic E-state index is 14.6. The van der Waals surface area contributed by atoms with Crippen LogP contribution in [0.1, 0.15) is 0 Å². The SMILES string of the molecule is COC(=O)C1=C(C(=O)OC)N(c2cc(Br)c(OC(F)F)cc2F)C=CC=C1. The van der Waals surface area contributed by atoms with E-state index in [2.05, 4.69) is 25.4 Å². The fraction of sp³-hybridized carbons (Fsp3) is 0.176. The number of halogens is 4. The number of rotatable bonds is 5.